The van der Waals surface area contributed by atoms with Crippen LogP contribution in [-0.2, 0) is 19.3 Å². The minimum absolute atomic E-state index is 0.119. The van der Waals surface area contributed by atoms with E-state index >= 15 is 0 Å². The van der Waals surface area contributed by atoms with E-state index in [0.717, 1.165) is 36.9 Å². The van der Waals surface area contributed by atoms with Crippen LogP contribution in [0.4, 0.5) is 0 Å². The van der Waals surface area contributed by atoms with Crippen molar-refractivity contribution in [2.45, 2.75) is 25.7 Å². The molecule has 1 aromatic carbocycles. The first-order valence-corrected chi connectivity index (χ1v) is 8.90. The van der Waals surface area contributed by atoms with Crippen LogP contribution in [0.1, 0.15) is 32.9 Å². The summed E-state index contributed by atoms with van der Waals surface area (Å²) < 4.78 is 1.62. The SMILES string of the molecule is O=C(NCCc1ccccc1)c1cnc2sc3c(n2c1=O)CCC3. The second-order valence-electron chi connectivity index (χ2n) is 5.91. The van der Waals surface area contributed by atoms with Crippen LogP contribution >= 0.6 is 11.3 Å². The van der Waals surface area contributed by atoms with Crippen molar-refractivity contribution in [3.05, 3.63) is 68.6 Å². The Balaban J connectivity index is 1.54. The summed E-state index contributed by atoms with van der Waals surface area (Å²) >= 11 is 1.56. The number of aryl methyl sites for hydroxylation is 2. The van der Waals surface area contributed by atoms with Crippen molar-refractivity contribution >= 4 is 22.2 Å². The fourth-order valence-electron chi connectivity index (χ4n) is 3.12. The van der Waals surface area contributed by atoms with Crippen molar-refractivity contribution in [3.8, 4) is 0 Å². The summed E-state index contributed by atoms with van der Waals surface area (Å²) in [6, 6.07) is 9.94. The van der Waals surface area contributed by atoms with Crippen molar-refractivity contribution in [2.24, 2.45) is 0 Å². The number of nitrogens with one attached hydrogen (secondary N) is 1. The normalized spacial score (nSPS) is 13.2. The summed E-state index contributed by atoms with van der Waals surface area (Å²) in [6.45, 7) is 0.493. The van der Waals surface area contributed by atoms with E-state index in [1.54, 1.807) is 15.7 Å². The first-order valence-electron chi connectivity index (χ1n) is 8.08. The number of rotatable bonds is 4. The molecule has 0 radical (unpaired) electrons. The molecule has 0 aliphatic heterocycles. The van der Waals surface area contributed by atoms with Gasteiger partial charge in [-0.15, -0.1) is 11.3 Å². The predicted octanol–water partition coefficient (Wildman–Crippen LogP) is 2.22. The van der Waals surface area contributed by atoms with E-state index in [2.05, 4.69) is 10.3 Å². The molecule has 0 saturated heterocycles. The van der Waals surface area contributed by atoms with Gasteiger partial charge in [-0.25, -0.2) is 4.98 Å². The highest BCUT2D eigenvalue weighted by molar-refractivity contribution is 7.17. The van der Waals surface area contributed by atoms with Gasteiger partial charge in [-0.3, -0.25) is 14.0 Å². The van der Waals surface area contributed by atoms with Crippen LogP contribution in [0.3, 0.4) is 0 Å². The van der Waals surface area contributed by atoms with E-state index in [9.17, 15) is 9.59 Å². The molecule has 2 heterocycles. The molecule has 0 unspecified atom stereocenters. The molecule has 0 saturated carbocycles. The average Bonchev–Trinajstić information content (AvgIpc) is 3.16. The molecular formula is C18H17N3O2S. The van der Waals surface area contributed by atoms with Gasteiger partial charge in [-0.1, -0.05) is 30.3 Å². The number of carbonyl (C=O) groups excluding carboxylic acids is 1. The Labute approximate surface area is 143 Å². The predicted molar refractivity (Wildman–Crippen MR) is 93.8 cm³/mol. The molecule has 1 amide bonds. The summed E-state index contributed by atoms with van der Waals surface area (Å²) in [5.74, 6) is -0.351. The highest BCUT2D eigenvalue weighted by atomic mass is 32.1. The Bertz CT molecular complexity index is 960. The maximum Gasteiger partial charge on any atom is 0.271 e. The summed E-state index contributed by atoms with van der Waals surface area (Å²) in [4.78, 5) is 31.3. The van der Waals surface area contributed by atoms with E-state index in [1.807, 2.05) is 30.3 Å². The molecule has 1 aliphatic carbocycles. The number of aromatic nitrogens is 2. The van der Waals surface area contributed by atoms with E-state index in [4.69, 9.17) is 0 Å². The Hall–Kier alpha value is -2.47. The lowest BCUT2D eigenvalue weighted by molar-refractivity contribution is 0.0952. The van der Waals surface area contributed by atoms with Gasteiger partial charge in [-0.05, 0) is 31.2 Å². The molecule has 24 heavy (non-hydrogen) atoms. The van der Waals surface area contributed by atoms with Crippen LogP contribution in [0, 0.1) is 0 Å². The molecule has 1 N–H and O–H groups in total. The minimum atomic E-state index is -0.351. The summed E-state index contributed by atoms with van der Waals surface area (Å²) in [6.07, 6.45) is 5.09. The third kappa shape index (κ3) is 2.63. The number of fused-ring (bicyclic) bond motifs is 3. The first-order chi connectivity index (χ1) is 11.7. The molecule has 4 rings (SSSR count). The van der Waals surface area contributed by atoms with Gasteiger partial charge in [0.15, 0.2) is 4.96 Å². The van der Waals surface area contributed by atoms with E-state index in [0.29, 0.717) is 11.5 Å². The van der Waals surface area contributed by atoms with E-state index in [1.165, 1.54) is 11.1 Å². The summed E-state index contributed by atoms with van der Waals surface area (Å²) in [5.41, 5.74) is 2.05. The second-order valence-corrected chi connectivity index (χ2v) is 6.97. The van der Waals surface area contributed by atoms with Crippen molar-refractivity contribution in [1.29, 1.82) is 0 Å². The van der Waals surface area contributed by atoms with Crippen LogP contribution in [0.2, 0.25) is 0 Å². The number of carbonyl (C=O) groups is 1. The van der Waals surface area contributed by atoms with Gasteiger partial charge in [0, 0.05) is 23.3 Å². The minimum Gasteiger partial charge on any atom is -0.351 e. The topological polar surface area (TPSA) is 63.5 Å². The fourth-order valence-corrected chi connectivity index (χ4v) is 4.29. The van der Waals surface area contributed by atoms with Gasteiger partial charge in [0.05, 0.1) is 0 Å². The Morgan fingerprint density at radius 3 is 2.92 bits per heavy atom. The molecule has 0 spiro atoms. The molecule has 3 aromatic rings. The van der Waals surface area contributed by atoms with Crippen LogP contribution in [0.25, 0.3) is 4.96 Å². The van der Waals surface area contributed by atoms with Gasteiger partial charge in [0.25, 0.3) is 11.5 Å². The lowest BCUT2D eigenvalue weighted by atomic mass is 10.1. The third-order valence-electron chi connectivity index (χ3n) is 4.34. The lowest BCUT2D eigenvalue weighted by Gasteiger charge is -2.06. The van der Waals surface area contributed by atoms with Crippen molar-refractivity contribution < 1.29 is 4.79 Å². The van der Waals surface area contributed by atoms with Crippen LogP contribution < -0.4 is 10.9 Å². The zero-order valence-electron chi connectivity index (χ0n) is 13.1. The number of hydrogen-bond donors (Lipinski definition) is 1. The standard InChI is InChI=1S/C18H17N3O2S/c22-16(19-10-9-12-5-2-1-3-6-12)13-11-20-18-21(17(13)23)14-7-4-8-15(14)24-18/h1-3,5-6,11H,4,7-10H2,(H,19,22). The lowest BCUT2D eigenvalue weighted by Crippen LogP contribution is -2.32. The fraction of sp³-hybridized carbons (Fsp3) is 0.278. The zero-order chi connectivity index (χ0) is 16.5. The van der Waals surface area contributed by atoms with Gasteiger partial charge >= 0.3 is 0 Å². The summed E-state index contributed by atoms with van der Waals surface area (Å²) in [7, 11) is 0. The third-order valence-corrected chi connectivity index (χ3v) is 5.50. The second kappa shape index (κ2) is 6.20. The van der Waals surface area contributed by atoms with Crippen molar-refractivity contribution in [1.82, 2.24) is 14.7 Å². The average molecular weight is 339 g/mol. The monoisotopic (exact) mass is 339 g/mol. The first kappa shape index (κ1) is 15.1. The Morgan fingerprint density at radius 2 is 2.08 bits per heavy atom. The van der Waals surface area contributed by atoms with Gasteiger partial charge < -0.3 is 5.32 Å². The van der Waals surface area contributed by atoms with Gasteiger partial charge in [-0.2, -0.15) is 0 Å². The maximum absolute atomic E-state index is 12.7. The molecule has 2 aromatic heterocycles. The Morgan fingerprint density at radius 1 is 1.25 bits per heavy atom. The van der Waals surface area contributed by atoms with Gasteiger partial charge in [0.1, 0.15) is 5.56 Å². The molecule has 122 valence electrons. The number of benzene rings is 1. The molecule has 5 nitrogen and oxygen atoms in total. The molecule has 0 bridgehead atoms. The van der Waals surface area contributed by atoms with Crippen LogP contribution in [-0.4, -0.2) is 21.8 Å². The van der Waals surface area contributed by atoms with Crippen molar-refractivity contribution in [3.63, 3.8) is 0 Å². The molecule has 6 heteroatoms. The van der Waals surface area contributed by atoms with E-state index < -0.39 is 0 Å². The van der Waals surface area contributed by atoms with Crippen LogP contribution in [0.5, 0.6) is 0 Å². The maximum atomic E-state index is 12.7. The molecule has 1 aliphatic rings. The molecular weight excluding hydrogens is 322 g/mol. The Kier molecular flexibility index (Phi) is 3.90. The number of hydrogen-bond acceptors (Lipinski definition) is 4. The molecule has 0 atom stereocenters. The van der Waals surface area contributed by atoms with Crippen molar-refractivity contribution in [2.75, 3.05) is 6.54 Å². The van der Waals surface area contributed by atoms with Gasteiger partial charge in [0.2, 0.25) is 0 Å². The highest BCUT2D eigenvalue weighted by Crippen LogP contribution is 2.28. The van der Waals surface area contributed by atoms with E-state index in [-0.39, 0.29) is 17.0 Å². The highest BCUT2D eigenvalue weighted by Gasteiger charge is 2.22. The zero-order valence-corrected chi connectivity index (χ0v) is 13.9. The molecule has 0 fully saturated rings. The van der Waals surface area contributed by atoms with Crippen LogP contribution in [0.15, 0.2) is 41.3 Å². The summed E-state index contributed by atoms with van der Waals surface area (Å²) in [5, 5.41) is 2.82. The number of amides is 1. The number of thiazole rings is 1. The quantitative estimate of drug-likeness (QED) is 0.793. The number of nitrogens with zero attached hydrogens (tertiary/aromatic N) is 2. The smallest absolute Gasteiger partial charge is 0.271 e. The largest absolute Gasteiger partial charge is 0.351 e.